The summed E-state index contributed by atoms with van der Waals surface area (Å²) in [6.07, 6.45) is -3.70. The fourth-order valence-corrected chi connectivity index (χ4v) is 6.10. The number of hydrogen-bond donors (Lipinski definition) is 2. The molecule has 4 aromatic rings. The summed E-state index contributed by atoms with van der Waals surface area (Å²) in [6, 6.07) is 7.10. The van der Waals surface area contributed by atoms with E-state index in [4.69, 9.17) is 16.3 Å². The molecule has 51 heavy (non-hydrogen) atoms. The molecule has 270 valence electrons. The van der Waals surface area contributed by atoms with Gasteiger partial charge in [-0.05, 0) is 43.2 Å². The van der Waals surface area contributed by atoms with Gasteiger partial charge >= 0.3 is 11.9 Å². The first-order chi connectivity index (χ1) is 24.3. The first-order valence-corrected chi connectivity index (χ1v) is 16.2. The Labute approximate surface area is 292 Å². The lowest BCUT2D eigenvalue weighted by molar-refractivity contribution is -0.207. The summed E-state index contributed by atoms with van der Waals surface area (Å²) in [4.78, 5) is 65.0. The van der Waals surface area contributed by atoms with Gasteiger partial charge in [0.15, 0.2) is 17.8 Å². The summed E-state index contributed by atoms with van der Waals surface area (Å²) in [6.45, 7) is -0.854. The zero-order valence-corrected chi connectivity index (χ0v) is 27.8. The molecule has 0 aliphatic carbocycles. The summed E-state index contributed by atoms with van der Waals surface area (Å²) >= 11 is 5.98. The zero-order chi connectivity index (χ0) is 36.4. The van der Waals surface area contributed by atoms with Crippen LogP contribution in [-0.4, -0.2) is 125 Å². The van der Waals surface area contributed by atoms with Crippen molar-refractivity contribution in [3.8, 4) is 17.1 Å². The summed E-state index contributed by atoms with van der Waals surface area (Å²) in [7, 11) is 1.54. The van der Waals surface area contributed by atoms with Gasteiger partial charge in [-0.1, -0.05) is 11.6 Å². The minimum Gasteiger partial charge on any atom is -0.383 e. The monoisotopic (exact) mass is 732 g/mol. The molecule has 2 atom stereocenters. The molecule has 6 rings (SSSR count). The normalized spacial score (nSPS) is 17.1. The number of aliphatic hydroxyl groups is 1. The molecule has 2 saturated heterocycles. The number of piperazine rings is 1. The Hall–Kier alpha value is -5.14. The standard InChI is InChI=1S/C31H32ClF3N10O6/c1-51-17-20-3-2-11-42(20)28(48)21-8-9-36-13-22(21)45-27(29(49)41-12-10-37-25(47)16-41)38-24(39-45)15-44-30(50)43(14-23(46)31(33,34)35)26(40-44)18-4-6-19(32)7-5-18/h4-9,13,20,23,46H,2-3,10-12,14-17H2,1H3,(H,37,47). The second-order valence-electron chi connectivity index (χ2n) is 11.9. The Morgan fingerprint density at radius 1 is 1.12 bits per heavy atom. The third-order valence-electron chi connectivity index (χ3n) is 8.47. The molecule has 0 radical (unpaired) electrons. The number of aliphatic hydroxyl groups excluding tert-OH is 1. The maximum atomic E-state index is 13.9. The lowest BCUT2D eigenvalue weighted by atomic mass is 10.1. The Morgan fingerprint density at radius 2 is 1.88 bits per heavy atom. The maximum absolute atomic E-state index is 13.9. The summed E-state index contributed by atoms with van der Waals surface area (Å²) in [5, 5.41) is 21.5. The van der Waals surface area contributed by atoms with Crippen molar-refractivity contribution in [2.75, 3.05) is 39.9 Å². The van der Waals surface area contributed by atoms with E-state index in [-0.39, 0.29) is 65.9 Å². The Balaban J connectivity index is 1.43. The summed E-state index contributed by atoms with van der Waals surface area (Å²) < 4.78 is 48.0. The molecule has 2 fully saturated rings. The molecule has 2 aliphatic heterocycles. The van der Waals surface area contributed by atoms with E-state index in [1.54, 1.807) is 12.0 Å². The molecule has 0 spiro atoms. The number of alkyl halides is 3. The van der Waals surface area contributed by atoms with Crippen LogP contribution < -0.4 is 11.0 Å². The highest BCUT2D eigenvalue weighted by Crippen LogP contribution is 2.26. The van der Waals surface area contributed by atoms with Crippen LogP contribution in [0, 0.1) is 0 Å². The van der Waals surface area contributed by atoms with E-state index in [9.17, 15) is 37.5 Å². The van der Waals surface area contributed by atoms with E-state index in [2.05, 4.69) is 25.5 Å². The number of aromatic nitrogens is 7. The molecule has 2 aliphatic rings. The van der Waals surface area contributed by atoms with Gasteiger partial charge < -0.3 is 25.0 Å². The van der Waals surface area contributed by atoms with Crippen LogP contribution in [0.4, 0.5) is 13.2 Å². The Kier molecular flexibility index (Phi) is 10.2. The van der Waals surface area contributed by atoms with Crippen molar-refractivity contribution in [3.05, 3.63) is 75.4 Å². The Morgan fingerprint density at radius 3 is 2.59 bits per heavy atom. The van der Waals surface area contributed by atoms with Gasteiger partial charge in [0.05, 0.1) is 36.6 Å². The number of nitrogens with one attached hydrogen (secondary N) is 1. The van der Waals surface area contributed by atoms with Gasteiger partial charge in [0.25, 0.3) is 11.8 Å². The number of ether oxygens (including phenoxy) is 1. The number of rotatable bonds is 10. The minimum absolute atomic E-state index is 0.0853. The number of amides is 3. The van der Waals surface area contributed by atoms with Gasteiger partial charge in [-0.3, -0.25) is 23.9 Å². The smallest absolute Gasteiger partial charge is 0.383 e. The van der Waals surface area contributed by atoms with E-state index in [0.717, 1.165) is 22.2 Å². The van der Waals surface area contributed by atoms with Gasteiger partial charge in [-0.25, -0.2) is 19.1 Å². The second-order valence-corrected chi connectivity index (χ2v) is 12.4. The number of methoxy groups -OCH3 is 1. The number of nitrogens with zero attached hydrogens (tertiary/aromatic N) is 9. The predicted octanol–water partition coefficient (Wildman–Crippen LogP) is 1.14. The van der Waals surface area contributed by atoms with Crippen molar-refractivity contribution in [3.63, 3.8) is 0 Å². The number of likely N-dealkylation sites (tertiary alicyclic amines) is 1. The topological polar surface area (TPSA) is 183 Å². The van der Waals surface area contributed by atoms with E-state index >= 15 is 0 Å². The highest BCUT2D eigenvalue weighted by atomic mass is 35.5. The van der Waals surface area contributed by atoms with E-state index < -0.39 is 42.9 Å². The highest BCUT2D eigenvalue weighted by Gasteiger charge is 2.40. The Bertz CT molecular complexity index is 2000. The zero-order valence-electron chi connectivity index (χ0n) is 27.1. The van der Waals surface area contributed by atoms with Crippen LogP contribution in [0.1, 0.15) is 39.6 Å². The van der Waals surface area contributed by atoms with Crippen molar-refractivity contribution in [1.29, 1.82) is 0 Å². The van der Waals surface area contributed by atoms with Crippen molar-refractivity contribution in [1.82, 2.24) is 49.2 Å². The molecule has 0 saturated carbocycles. The second kappa shape index (κ2) is 14.6. The number of carbonyl (C=O) groups is 3. The van der Waals surface area contributed by atoms with Gasteiger partial charge in [0.1, 0.15) is 13.1 Å². The molecule has 0 bridgehead atoms. The first kappa shape index (κ1) is 35.7. The number of halogens is 4. The van der Waals surface area contributed by atoms with Gasteiger partial charge in [0.2, 0.25) is 11.7 Å². The van der Waals surface area contributed by atoms with E-state index in [1.165, 1.54) is 47.6 Å². The number of hydrogen-bond acceptors (Lipinski definition) is 10. The molecular weight excluding hydrogens is 701 g/mol. The third-order valence-corrected chi connectivity index (χ3v) is 8.73. The van der Waals surface area contributed by atoms with Crippen molar-refractivity contribution >= 4 is 29.3 Å². The van der Waals surface area contributed by atoms with Crippen LogP contribution >= 0.6 is 11.6 Å². The van der Waals surface area contributed by atoms with Crippen molar-refractivity contribution in [2.24, 2.45) is 0 Å². The lowest BCUT2D eigenvalue weighted by Gasteiger charge is -2.27. The molecule has 2 unspecified atom stereocenters. The molecule has 2 N–H and O–H groups in total. The highest BCUT2D eigenvalue weighted by molar-refractivity contribution is 6.30. The molecule has 5 heterocycles. The fraction of sp³-hybridized carbons (Fsp3) is 0.419. The molecule has 1 aromatic carbocycles. The van der Waals surface area contributed by atoms with Crippen LogP contribution in [0.25, 0.3) is 17.1 Å². The first-order valence-electron chi connectivity index (χ1n) is 15.8. The quantitative estimate of drug-likeness (QED) is 0.240. The van der Waals surface area contributed by atoms with Gasteiger partial charge in [0, 0.05) is 43.5 Å². The SMILES string of the molecule is COCC1CCCN1C(=O)c1ccncc1-n1nc(Cn2nc(-c3ccc(Cl)cc3)n(CC(O)C(F)(F)F)c2=O)nc1C(=O)N1CCNC(=O)C1. The summed E-state index contributed by atoms with van der Waals surface area (Å²) in [5.41, 5.74) is -0.574. The van der Waals surface area contributed by atoms with E-state index in [0.29, 0.717) is 22.7 Å². The van der Waals surface area contributed by atoms with Gasteiger partial charge in [-0.15, -0.1) is 10.2 Å². The summed E-state index contributed by atoms with van der Waals surface area (Å²) in [5.74, 6) is -2.17. The average Bonchev–Trinajstić information content (AvgIpc) is 3.82. The van der Waals surface area contributed by atoms with Crippen LogP contribution in [0.2, 0.25) is 5.02 Å². The fourth-order valence-electron chi connectivity index (χ4n) is 5.97. The van der Waals surface area contributed by atoms with Crippen molar-refractivity contribution in [2.45, 2.75) is 44.3 Å². The minimum atomic E-state index is -5.03. The largest absolute Gasteiger partial charge is 0.416 e. The predicted molar refractivity (Wildman–Crippen MR) is 172 cm³/mol. The van der Waals surface area contributed by atoms with Crippen LogP contribution in [0.15, 0.2) is 47.5 Å². The van der Waals surface area contributed by atoms with Gasteiger partial charge in [-0.2, -0.15) is 13.2 Å². The molecule has 3 amide bonds. The molecule has 16 nitrogen and oxygen atoms in total. The average molecular weight is 733 g/mol. The van der Waals surface area contributed by atoms with Crippen molar-refractivity contribution < 1.29 is 37.4 Å². The van der Waals surface area contributed by atoms with Crippen LogP contribution in [-0.2, 0) is 22.6 Å². The van der Waals surface area contributed by atoms with E-state index in [1.807, 2.05) is 0 Å². The lowest BCUT2D eigenvalue weighted by Crippen LogP contribution is -2.50. The number of pyridine rings is 1. The maximum Gasteiger partial charge on any atom is 0.416 e. The molecule has 3 aromatic heterocycles. The number of benzene rings is 1. The molecular formula is C31H32ClF3N10O6. The molecule has 20 heteroatoms. The third kappa shape index (κ3) is 7.49. The number of carbonyl (C=O) groups excluding carboxylic acids is 3. The van der Waals surface area contributed by atoms with Crippen LogP contribution in [0.5, 0.6) is 0 Å². The van der Waals surface area contributed by atoms with Crippen LogP contribution in [0.3, 0.4) is 0 Å².